The van der Waals surface area contributed by atoms with Crippen molar-refractivity contribution in [2.24, 2.45) is 0 Å². The first-order valence-electron chi connectivity index (χ1n) is 6.49. The number of carbonyl (C=O) groups excluding carboxylic acids is 1. The van der Waals surface area contributed by atoms with Crippen LogP contribution in [0.5, 0.6) is 11.5 Å². The molecule has 0 saturated carbocycles. The third kappa shape index (κ3) is 2.75. The molecule has 0 radical (unpaired) electrons. The van der Waals surface area contributed by atoms with Crippen molar-refractivity contribution in [3.05, 3.63) is 47.0 Å². The van der Waals surface area contributed by atoms with Crippen molar-refractivity contribution in [2.75, 3.05) is 12.4 Å². The van der Waals surface area contributed by atoms with Crippen LogP contribution in [0.4, 0.5) is 10.5 Å². The lowest BCUT2D eigenvalue weighted by atomic mass is 10.3. The second-order valence-corrected chi connectivity index (χ2v) is 4.45. The van der Waals surface area contributed by atoms with Gasteiger partial charge in [-0.2, -0.15) is 0 Å². The summed E-state index contributed by atoms with van der Waals surface area (Å²) in [6.45, 7) is 0. The summed E-state index contributed by atoms with van der Waals surface area (Å²) < 4.78 is 5.76. The molecule has 8 heteroatoms. The molecule has 2 amide bonds. The first kappa shape index (κ1) is 13.7. The third-order valence-electron chi connectivity index (χ3n) is 2.93. The predicted molar refractivity (Wildman–Crippen MR) is 81.3 cm³/mol. The number of aromatic nitrogens is 3. The molecule has 22 heavy (non-hydrogen) atoms. The molecular weight excluding hydrogens is 286 g/mol. The van der Waals surface area contributed by atoms with Crippen LogP contribution >= 0.6 is 0 Å². The Hall–Kier alpha value is -3.29. The summed E-state index contributed by atoms with van der Waals surface area (Å²) in [5, 5.41) is 5.12. The van der Waals surface area contributed by atoms with E-state index in [1.807, 2.05) is 0 Å². The summed E-state index contributed by atoms with van der Waals surface area (Å²) >= 11 is 0. The number of ether oxygens (including phenoxy) is 1. The standard InChI is InChI=1S/C14H13N5O3/c1-15-13(20)17-8-3-2-4-9(7-8)22-10-5-6-16-12-11(10)18-14(21)19-12/h2-7H,1H3,(H2,15,17,20)(H2,16,18,19,21). The van der Waals surface area contributed by atoms with Crippen molar-refractivity contribution in [1.29, 1.82) is 0 Å². The molecule has 0 aliphatic carbocycles. The van der Waals surface area contributed by atoms with Gasteiger partial charge in [0.25, 0.3) is 0 Å². The summed E-state index contributed by atoms with van der Waals surface area (Å²) in [6.07, 6.45) is 1.54. The number of imidazole rings is 1. The monoisotopic (exact) mass is 299 g/mol. The van der Waals surface area contributed by atoms with Crippen molar-refractivity contribution in [3.63, 3.8) is 0 Å². The van der Waals surface area contributed by atoms with Gasteiger partial charge in [0, 0.05) is 31.1 Å². The van der Waals surface area contributed by atoms with E-state index in [2.05, 4.69) is 25.6 Å². The van der Waals surface area contributed by atoms with Crippen LogP contribution < -0.4 is 21.1 Å². The summed E-state index contributed by atoms with van der Waals surface area (Å²) in [4.78, 5) is 31.9. The van der Waals surface area contributed by atoms with Gasteiger partial charge >= 0.3 is 11.7 Å². The van der Waals surface area contributed by atoms with E-state index in [4.69, 9.17) is 4.74 Å². The van der Waals surface area contributed by atoms with E-state index in [-0.39, 0.29) is 11.7 Å². The lowest BCUT2D eigenvalue weighted by molar-refractivity contribution is 0.254. The van der Waals surface area contributed by atoms with Crippen LogP contribution in [-0.2, 0) is 0 Å². The minimum absolute atomic E-state index is 0.321. The maximum absolute atomic E-state index is 11.3. The molecule has 2 heterocycles. The number of urea groups is 1. The molecule has 8 nitrogen and oxygen atoms in total. The van der Waals surface area contributed by atoms with E-state index in [1.54, 1.807) is 30.3 Å². The van der Waals surface area contributed by atoms with Gasteiger partial charge in [0.2, 0.25) is 0 Å². The van der Waals surface area contributed by atoms with Crippen LogP contribution in [0.1, 0.15) is 0 Å². The molecule has 0 bridgehead atoms. The summed E-state index contributed by atoms with van der Waals surface area (Å²) in [7, 11) is 1.53. The van der Waals surface area contributed by atoms with Crippen molar-refractivity contribution >= 4 is 22.9 Å². The Bertz CT molecular complexity index is 883. The fraction of sp³-hybridized carbons (Fsp3) is 0.0714. The van der Waals surface area contributed by atoms with Gasteiger partial charge in [0.05, 0.1) is 0 Å². The summed E-state index contributed by atoms with van der Waals surface area (Å²) in [5.41, 5.74) is 1.14. The second-order valence-electron chi connectivity index (χ2n) is 4.45. The zero-order valence-corrected chi connectivity index (χ0v) is 11.6. The number of anilines is 1. The van der Waals surface area contributed by atoms with Crippen molar-refractivity contribution in [2.45, 2.75) is 0 Å². The van der Waals surface area contributed by atoms with Gasteiger partial charge in [-0.1, -0.05) is 6.07 Å². The Morgan fingerprint density at radius 2 is 2.14 bits per heavy atom. The smallest absolute Gasteiger partial charge is 0.325 e. The first-order chi connectivity index (χ1) is 10.7. The average Bonchev–Trinajstić information content (AvgIpc) is 2.89. The Balaban J connectivity index is 1.90. The summed E-state index contributed by atoms with van der Waals surface area (Å²) in [5.74, 6) is 0.976. The molecule has 4 N–H and O–H groups in total. The quantitative estimate of drug-likeness (QED) is 0.590. The number of nitrogens with zero attached hydrogens (tertiary/aromatic N) is 1. The van der Waals surface area contributed by atoms with Gasteiger partial charge in [-0.3, -0.25) is 4.98 Å². The van der Waals surface area contributed by atoms with E-state index in [1.165, 1.54) is 13.2 Å². The number of H-pyrrole nitrogens is 2. The van der Waals surface area contributed by atoms with Gasteiger partial charge in [-0.25, -0.2) is 14.6 Å². The van der Waals surface area contributed by atoms with Crippen LogP contribution in [0.3, 0.4) is 0 Å². The molecule has 0 aliphatic heterocycles. The highest BCUT2D eigenvalue weighted by molar-refractivity contribution is 5.89. The number of aromatic amines is 2. The van der Waals surface area contributed by atoms with E-state index >= 15 is 0 Å². The maximum Gasteiger partial charge on any atom is 0.325 e. The fourth-order valence-corrected chi connectivity index (χ4v) is 1.95. The Kier molecular flexibility index (Phi) is 3.48. The Morgan fingerprint density at radius 3 is 2.95 bits per heavy atom. The zero-order chi connectivity index (χ0) is 15.5. The SMILES string of the molecule is CNC(=O)Nc1cccc(Oc2ccnc3[nH]c(=O)[nH]c23)c1. The minimum Gasteiger partial charge on any atom is -0.455 e. The van der Waals surface area contributed by atoms with Crippen molar-refractivity contribution < 1.29 is 9.53 Å². The second kappa shape index (κ2) is 5.60. The molecule has 0 atom stereocenters. The molecule has 0 unspecified atom stereocenters. The highest BCUT2D eigenvalue weighted by Crippen LogP contribution is 2.27. The van der Waals surface area contributed by atoms with Crippen molar-refractivity contribution in [3.8, 4) is 11.5 Å². The van der Waals surface area contributed by atoms with E-state index < -0.39 is 0 Å². The predicted octanol–water partition coefficient (Wildman–Crippen LogP) is 1.79. The molecular formula is C14H13N5O3. The molecule has 0 saturated heterocycles. The normalized spacial score (nSPS) is 10.4. The zero-order valence-electron chi connectivity index (χ0n) is 11.6. The number of amides is 2. The molecule has 1 aromatic carbocycles. The van der Waals surface area contributed by atoms with Crippen molar-refractivity contribution in [1.82, 2.24) is 20.3 Å². The van der Waals surface area contributed by atoms with Crippen LogP contribution in [-0.4, -0.2) is 28.0 Å². The van der Waals surface area contributed by atoms with E-state index in [9.17, 15) is 9.59 Å². The lowest BCUT2D eigenvalue weighted by Gasteiger charge is -2.09. The molecule has 112 valence electrons. The van der Waals surface area contributed by atoms with E-state index in [0.717, 1.165) is 0 Å². The number of benzene rings is 1. The number of pyridine rings is 1. The third-order valence-corrected chi connectivity index (χ3v) is 2.93. The summed E-state index contributed by atoms with van der Waals surface area (Å²) in [6, 6.07) is 8.23. The number of hydrogen-bond donors (Lipinski definition) is 4. The Morgan fingerprint density at radius 1 is 1.27 bits per heavy atom. The van der Waals surface area contributed by atoms with Crippen LogP contribution in [0.25, 0.3) is 11.2 Å². The minimum atomic E-state index is -0.353. The maximum atomic E-state index is 11.3. The average molecular weight is 299 g/mol. The number of nitrogens with one attached hydrogen (secondary N) is 4. The Labute approximate surface area is 124 Å². The van der Waals surface area contributed by atoms with Gasteiger partial charge in [-0.05, 0) is 12.1 Å². The van der Waals surface area contributed by atoms with Crippen LogP contribution in [0.2, 0.25) is 0 Å². The number of carbonyl (C=O) groups is 1. The molecule has 0 fully saturated rings. The molecule has 3 rings (SSSR count). The van der Waals surface area contributed by atoms with Crippen LogP contribution in [0, 0.1) is 0 Å². The van der Waals surface area contributed by atoms with E-state index in [0.29, 0.717) is 28.4 Å². The molecule has 2 aromatic heterocycles. The number of fused-ring (bicyclic) bond motifs is 1. The van der Waals surface area contributed by atoms with Gasteiger partial charge in [0.1, 0.15) is 11.3 Å². The lowest BCUT2D eigenvalue weighted by Crippen LogP contribution is -2.24. The highest BCUT2D eigenvalue weighted by Gasteiger charge is 2.08. The highest BCUT2D eigenvalue weighted by atomic mass is 16.5. The van der Waals surface area contributed by atoms with Crippen LogP contribution in [0.15, 0.2) is 41.3 Å². The first-order valence-corrected chi connectivity index (χ1v) is 6.49. The largest absolute Gasteiger partial charge is 0.455 e. The fourth-order valence-electron chi connectivity index (χ4n) is 1.95. The van der Waals surface area contributed by atoms with Gasteiger partial charge in [0.15, 0.2) is 11.4 Å². The van der Waals surface area contributed by atoms with Gasteiger partial charge < -0.3 is 20.4 Å². The topological polar surface area (TPSA) is 112 Å². The molecule has 0 spiro atoms. The molecule has 3 aromatic rings. The number of rotatable bonds is 3. The number of hydrogen-bond acceptors (Lipinski definition) is 4. The molecule has 0 aliphatic rings. The van der Waals surface area contributed by atoms with Gasteiger partial charge in [-0.15, -0.1) is 0 Å².